The lowest BCUT2D eigenvalue weighted by molar-refractivity contribution is 0.101. The van der Waals surface area contributed by atoms with E-state index in [2.05, 4.69) is 15.2 Å². The molecule has 3 rings (SSSR count). The van der Waals surface area contributed by atoms with Gasteiger partial charge in [-0.15, -0.1) is 10.2 Å². The van der Waals surface area contributed by atoms with E-state index < -0.39 is 0 Å². The molecule has 0 aliphatic heterocycles. The van der Waals surface area contributed by atoms with E-state index in [0.717, 1.165) is 5.56 Å². The molecule has 0 saturated heterocycles. The van der Waals surface area contributed by atoms with Gasteiger partial charge < -0.3 is 9.55 Å². The summed E-state index contributed by atoms with van der Waals surface area (Å²) in [4.78, 5) is 14.9. The lowest BCUT2D eigenvalue weighted by Gasteiger charge is -2.05. The molecule has 0 aliphatic rings. The Morgan fingerprint density at radius 2 is 2.09 bits per heavy atom. The summed E-state index contributed by atoms with van der Waals surface area (Å²) < 4.78 is 1.84. The van der Waals surface area contributed by atoms with Gasteiger partial charge >= 0.3 is 0 Å². The first-order valence-corrected chi connectivity index (χ1v) is 7.97. The number of Topliss-reactive ketones (excluding diaryl/α,β-unsaturated/α-hetero) is 1. The van der Waals surface area contributed by atoms with Gasteiger partial charge in [0.15, 0.2) is 16.8 Å². The van der Waals surface area contributed by atoms with E-state index in [4.69, 9.17) is 11.6 Å². The summed E-state index contributed by atoms with van der Waals surface area (Å²) in [5.41, 5.74) is 1.42. The molecule has 0 saturated carbocycles. The number of H-pyrrole nitrogens is 1. The minimum Gasteiger partial charge on any atom is -0.359 e. The number of nitrogens with zero attached hydrogens (tertiary/aromatic N) is 3. The Bertz CT molecular complexity index is 798. The second kappa shape index (κ2) is 6.37. The van der Waals surface area contributed by atoms with Gasteiger partial charge in [-0.1, -0.05) is 35.5 Å². The maximum atomic E-state index is 12.0. The summed E-state index contributed by atoms with van der Waals surface area (Å²) in [5.74, 6) is 1.01. The number of benzene rings is 1. The van der Waals surface area contributed by atoms with Crippen molar-refractivity contribution in [1.82, 2.24) is 19.7 Å². The van der Waals surface area contributed by atoms with E-state index in [-0.39, 0.29) is 5.78 Å². The van der Waals surface area contributed by atoms with Gasteiger partial charge in [0.05, 0.1) is 16.5 Å². The molecule has 0 unspecified atom stereocenters. The molecule has 0 bridgehead atoms. The van der Waals surface area contributed by atoms with Crippen molar-refractivity contribution in [3.05, 3.63) is 53.3 Å². The fourth-order valence-corrected chi connectivity index (χ4v) is 3.04. The van der Waals surface area contributed by atoms with Crippen molar-refractivity contribution in [2.24, 2.45) is 7.05 Å². The molecule has 0 amide bonds. The van der Waals surface area contributed by atoms with Crippen molar-refractivity contribution in [3.8, 4) is 11.4 Å². The summed E-state index contributed by atoms with van der Waals surface area (Å²) in [6.07, 6.45) is 1.73. The Labute approximate surface area is 136 Å². The van der Waals surface area contributed by atoms with Crippen LogP contribution in [-0.4, -0.2) is 31.3 Å². The third-order valence-corrected chi connectivity index (χ3v) is 4.53. The Balaban J connectivity index is 1.77. The summed E-state index contributed by atoms with van der Waals surface area (Å²) >= 11 is 7.54. The molecule has 3 aromatic rings. The zero-order valence-electron chi connectivity index (χ0n) is 11.8. The Kier molecular flexibility index (Phi) is 4.31. The smallest absolute Gasteiger partial charge is 0.191 e. The minimum absolute atomic E-state index is 0.0253. The number of aromatic nitrogens is 4. The van der Waals surface area contributed by atoms with E-state index >= 15 is 0 Å². The summed E-state index contributed by atoms with van der Waals surface area (Å²) in [6.45, 7) is 0. The average molecular weight is 333 g/mol. The lowest BCUT2D eigenvalue weighted by atomic mass is 10.2. The van der Waals surface area contributed by atoms with E-state index in [1.807, 2.05) is 35.9 Å². The van der Waals surface area contributed by atoms with Crippen LogP contribution in [0.3, 0.4) is 0 Å². The Morgan fingerprint density at radius 3 is 2.82 bits per heavy atom. The number of hydrogen-bond acceptors (Lipinski definition) is 4. The number of thioether (sulfide) groups is 1. The van der Waals surface area contributed by atoms with Gasteiger partial charge in [0.2, 0.25) is 0 Å². The largest absolute Gasteiger partial charge is 0.359 e. The van der Waals surface area contributed by atoms with Crippen molar-refractivity contribution < 1.29 is 4.79 Å². The summed E-state index contributed by atoms with van der Waals surface area (Å²) in [6, 6.07) is 11.0. The molecule has 0 radical (unpaired) electrons. The molecule has 2 heterocycles. The highest BCUT2D eigenvalue weighted by Crippen LogP contribution is 2.28. The SMILES string of the molecule is Cn1c(SCC(=O)c2ccc[nH]2)nnc1-c1ccccc1Cl. The van der Waals surface area contributed by atoms with Crippen LogP contribution >= 0.6 is 23.4 Å². The fraction of sp³-hybridized carbons (Fsp3) is 0.133. The molecule has 0 fully saturated rings. The normalized spacial score (nSPS) is 10.8. The van der Waals surface area contributed by atoms with Crippen LogP contribution in [0.1, 0.15) is 10.5 Å². The van der Waals surface area contributed by atoms with Crippen molar-refractivity contribution in [2.75, 3.05) is 5.75 Å². The number of hydrogen-bond donors (Lipinski definition) is 1. The molecule has 0 aliphatic carbocycles. The molecule has 1 N–H and O–H groups in total. The molecule has 2 aromatic heterocycles. The van der Waals surface area contributed by atoms with Crippen LogP contribution in [0.2, 0.25) is 5.02 Å². The van der Waals surface area contributed by atoms with Crippen LogP contribution in [0.5, 0.6) is 0 Å². The van der Waals surface area contributed by atoms with Gasteiger partial charge in [0.25, 0.3) is 0 Å². The molecule has 1 aromatic carbocycles. The number of nitrogens with one attached hydrogen (secondary N) is 1. The number of carbonyl (C=O) groups is 1. The van der Waals surface area contributed by atoms with Gasteiger partial charge in [0, 0.05) is 18.8 Å². The minimum atomic E-state index is 0.0253. The monoisotopic (exact) mass is 332 g/mol. The highest BCUT2D eigenvalue weighted by molar-refractivity contribution is 7.99. The van der Waals surface area contributed by atoms with E-state index in [1.54, 1.807) is 18.3 Å². The van der Waals surface area contributed by atoms with Gasteiger partial charge in [-0.2, -0.15) is 0 Å². The molecule has 0 spiro atoms. The second-order valence-electron chi connectivity index (χ2n) is 4.64. The third-order valence-electron chi connectivity index (χ3n) is 3.18. The average Bonchev–Trinajstić information content (AvgIpc) is 3.16. The van der Waals surface area contributed by atoms with Crippen molar-refractivity contribution in [2.45, 2.75) is 5.16 Å². The highest BCUT2D eigenvalue weighted by atomic mass is 35.5. The highest BCUT2D eigenvalue weighted by Gasteiger charge is 2.15. The Morgan fingerprint density at radius 1 is 1.27 bits per heavy atom. The first-order valence-electron chi connectivity index (χ1n) is 6.60. The number of rotatable bonds is 5. The Hall–Kier alpha value is -2.05. The van der Waals surface area contributed by atoms with E-state index in [0.29, 0.717) is 27.5 Å². The first-order chi connectivity index (χ1) is 10.7. The lowest BCUT2D eigenvalue weighted by Crippen LogP contribution is -2.04. The van der Waals surface area contributed by atoms with E-state index in [9.17, 15) is 4.79 Å². The zero-order chi connectivity index (χ0) is 15.5. The maximum absolute atomic E-state index is 12.0. The van der Waals surface area contributed by atoms with Crippen LogP contribution in [0.25, 0.3) is 11.4 Å². The maximum Gasteiger partial charge on any atom is 0.191 e. The molecular weight excluding hydrogens is 320 g/mol. The fourth-order valence-electron chi connectivity index (χ4n) is 2.03. The van der Waals surface area contributed by atoms with Crippen molar-refractivity contribution >= 4 is 29.1 Å². The first kappa shape index (κ1) is 14.9. The molecular formula is C15H13ClN4OS. The molecule has 0 atom stereocenters. The number of carbonyl (C=O) groups excluding carboxylic acids is 1. The second-order valence-corrected chi connectivity index (χ2v) is 5.99. The standard InChI is InChI=1S/C15H13ClN4OS/c1-20-14(10-5-2-3-6-11(10)16)18-19-15(20)22-9-13(21)12-7-4-8-17-12/h2-8,17H,9H2,1H3. The number of aromatic amines is 1. The van der Waals surface area contributed by atoms with Crippen molar-refractivity contribution in [3.63, 3.8) is 0 Å². The van der Waals surface area contributed by atoms with Gasteiger partial charge in [-0.05, 0) is 24.3 Å². The van der Waals surface area contributed by atoms with Gasteiger partial charge in [-0.25, -0.2) is 0 Å². The number of halogens is 1. The van der Waals surface area contributed by atoms with Crippen LogP contribution in [-0.2, 0) is 7.05 Å². The summed E-state index contributed by atoms with van der Waals surface area (Å²) in [5, 5.41) is 9.62. The van der Waals surface area contributed by atoms with Crippen LogP contribution < -0.4 is 0 Å². The quantitative estimate of drug-likeness (QED) is 0.574. The third kappa shape index (κ3) is 2.93. The molecule has 7 heteroatoms. The molecule has 112 valence electrons. The topological polar surface area (TPSA) is 63.6 Å². The van der Waals surface area contributed by atoms with Gasteiger partial charge in [-0.3, -0.25) is 4.79 Å². The zero-order valence-corrected chi connectivity index (χ0v) is 13.4. The molecule has 22 heavy (non-hydrogen) atoms. The van der Waals surface area contributed by atoms with Crippen LogP contribution in [0.15, 0.2) is 47.8 Å². The molecule has 5 nitrogen and oxygen atoms in total. The van der Waals surface area contributed by atoms with Gasteiger partial charge in [0.1, 0.15) is 0 Å². The summed E-state index contributed by atoms with van der Waals surface area (Å²) in [7, 11) is 1.86. The van der Waals surface area contributed by atoms with Crippen LogP contribution in [0.4, 0.5) is 0 Å². The predicted molar refractivity (Wildman–Crippen MR) is 87.3 cm³/mol. The van der Waals surface area contributed by atoms with Crippen molar-refractivity contribution in [1.29, 1.82) is 0 Å². The van der Waals surface area contributed by atoms with E-state index in [1.165, 1.54) is 11.8 Å². The predicted octanol–water partition coefficient (Wildman–Crippen LogP) is 3.44. The number of ketones is 1. The van der Waals surface area contributed by atoms with Crippen LogP contribution in [0, 0.1) is 0 Å².